The normalized spacial score (nSPS) is 15.7. The van der Waals surface area contributed by atoms with Crippen LogP contribution in [0.25, 0.3) is 0 Å². The van der Waals surface area contributed by atoms with E-state index in [-0.39, 0.29) is 11.8 Å². The maximum Gasteiger partial charge on any atom is 0.289 e. The molecule has 1 saturated heterocycles. The van der Waals surface area contributed by atoms with Crippen molar-refractivity contribution in [2.75, 3.05) is 26.2 Å². The summed E-state index contributed by atoms with van der Waals surface area (Å²) >= 11 is 5.94. The molecule has 1 fully saturated rings. The molecule has 1 atom stereocenters. The number of piperazine rings is 1. The monoisotopic (exact) mass is 376 g/mol. The Labute approximate surface area is 157 Å². The van der Waals surface area contributed by atoms with Gasteiger partial charge in [-0.05, 0) is 49.7 Å². The maximum atomic E-state index is 12.6. The number of halogens is 1. The Kier molecular flexibility index (Phi) is 5.52. The van der Waals surface area contributed by atoms with E-state index in [2.05, 4.69) is 0 Å². The van der Waals surface area contributed by atoms with E-state index >= 15 is 0 Å². The maximum absolute atomic E-state index is 12.6. The third kappa shape index (κ3) is 4.02. The van der Waals surface area contributed by atoms with Crippen molar-refractivity contribution in [3.05, 3.63) is 52.9 Å². The summed E-state index contributed by atoms with van der Waals surface area (Å²) in [7, 11) is 0. The highest BCUT2D eigenvalue weighted by atomic mass is 35.5. The minimum Gasteiger partial charge on any atom is -0.481 e. The molecule has 7 heteroatoms. The van der Waals surface area contributed by atoms with Crippen molar-refractivity contribution < 1.29 is 18.7 Å². The third-order valence-electron chi connectivity index (χ3n) is 4.40. The van der Waals surface area contributed by atoms with Crippen LogP contribution in [0.15, 0.2) is 41.0 Å². The standard InChI is InChI=1S/C19H21ClN2O4/c1-13-12-15(20)5-6-16(13)26-14(2)18(23)21-7-9-22(10-8-21)19(24)17-4-3-11-25-17/h3-6,11-12,14H,7-10H2,1-2H3/t14-/m0/s1. The molecule has 1 aliphatic heterocycles. The number of carbonyl (C=O) groups is 2. The van der Waals surface area contributed by atoms with Crippen LogP contribution >= 0.6 is 11.6 Å². The lowest BCUT2D eigenvalue weighted by Gasteiger charge is -2.35. The summed E-state index contributed by atoms with van der Waals surface area (Å²) in [5.74, 6) is 0.717. The summed E-state index contributed by atoms with van der Waals surface area (Å²) in [6.07, 6.45) is 0.868. The van der Waals surface area contributed by atoms with E-state index in [9.17, 15) is 9.59 Å². The molecule has 0 bridgehead atoms. The molecule has 3 rings (SSSR count). The van der Waals surface area contributed by atoms with Crippen molar-refractivity contribution in [1.82, 2.24) is 9.80 Å². The Hall–Kier alpha value is -2.47. The average Bonchev–Trinajstić information content (AvgIpc) is 3.17. The van der Waals surface area contributed by atoms with Gasteiger partial charge in [0.05, 0.1) is 6.26 Å². The van der Waals surface area contributed by atoms with E-state index < -0.39 is 6.10 Å². The van der Waals surface area contributed by atoms with Crippen molar-refractivity contribution in [2.24, 2.45) is 0 Å². The average molecular weight is 377 g/mol. The van der Waals surface area contributed by atoms with Gasteiger partial charge >= 0.3 is 0 Å². The van der Waals surface area contributed by atoms with Crippen LogP contribution in [0.1, 0.15) is 23.0 Å². The first-order valence-electron chi connectivity index (χ1n) is 8.50. The van der Waals surface area contributed by atoms with Gasteiger partial charge in [0.25, 0.3) is 11.8 Å². The number of amides is 2. The number of ether oxygens (including phenoxy) is 1. The predicted octanol–water partition coefficient (Wildman–Crippen LogP) is 2.99. The first-order valence-corrected chi connectivity index (χ1v) is 8.88. The second-order valence-electron chi connectivity index (χ2n) is 6.26. The predicted molar refractivity (Wildman–Crippen MR) is 97.5 cm³/mol. The molecule has 1 aromatic heterocycles. The van der Waals surface area contributed by atoms with Crippen LogP contribution in [0, 0.1) is 6.92 Å². The number of hydrogen-bond acceptors (Lipinski definition) is 4. The molecule has 1 aromatic carbocycles. The van der Waals surface area contributed by atoms with E-state index in [1.807, 2.05) is 6.92 Å². The molecule has 0 saturated carbocycles. The fraction of sp³-hybridized carbons (Fsp3) is 0.368. The molecule has 0 aliphatic carbocycles. The first kappa shape index (κ1) is 18.3. The summed E-state index contributed by atoms with van der Waals surface area (Å²) < 4.78 is 10.9. The quantitative estimate of drug-likeness (QED) is 0.822. The van der Waals surface area contributed by atoms with Crippen LogP contribution in [0.3, 0.4) is 0 Å². The highest BCUT2D eigenvalue weighted by molar-refractivity contribution is 6.30. The summed E-state index contributed by atoms with van der Waals surface area (Å²) in [4.78, 5) is 28.3. The summed E-state index contributed by atoms with van der Waals surface area (Å²) in [6.45, 7) is 5.50. The molecule has 0 unspecified atom stereocenters. The molecule has 0 spiro atoms. The molecule has 0 radical (unpaired) electrons. The van der Waals surface area contributed by atoms with Gasteiger partial charge in [-0.15, -0.1) is 0 Å². The summed E-state index contributed by atoms with van der Waals surface area (Å²) in [6, 6.07) is 8.63. The van der Waals surface area contributed by atoms with Gasteiger partial charge < -0.3 is 19.0 Å². The Morgan fingerprint density at radius 1 is 1.15 bits per heavy atom. The number of hydrogen-bond donors (Lipinski definition) is 0. The van der Waals surface area contributed by atoms with Crippen LogP contribution in [-0.2, 0) is 4.79 Å². The van der Waals surface area contributed by atoms with Crippen LogP contribution in [0.2, 0.25) is 5.02 Å². The van der Waals surface area contributed by atoms with Gasteiger partial charge in [-0.3, -0.25) is 9.59 Å². The largest absolute Gasteiger partial charge is 0.481 e. The van der Waals surface area contributed by atoms with Gasteiger partial charge in [-0.25, -0.2) is 0 Å². The molecular weight excluding hydrogens is 356 g/mol. The molecule has 0 N–H and O–H groups in total. The Morgan fingerprint density at radius 3 is 2.46 bits per heavy atom. The zero-order valence-electron chi connectivity index (χ0n) is 14.8. The highest BCUT2D eigenvalue weighted by Crippen LogP contribution is 2.23. The minimum absolute atomic E-state index is 0.0931. The number of aryl methyl sites for hydroxylation is 1. The van der Waals surface area contributed by atoms with E-state index in [1.165, 1.54) is 6.26 Å². The van der Waals surface area contributed by atoms with Gasteiger partial charge in [0.2, 0.25) is 0 Å². The molecule has 26 heavy (non-hydrogen) atoms. The van der Waals surface area contributed by atoms with E-state index in [4.69, 9.17) is 20.8 Å². The molecule has 2 aromatic rings. The van der Waals surface area contributed by atoms with Gasteiger partial charge in [0.15, 0.2) is 11.9 Å². The van der Waals surface area contributed by atoms with Gasteiger partial charge in [-0.1, -0.05) is 11.6 Å². The van der Waals surface area contributed by atoms with Crippen LogP contribution < -0.4 is 4.74 Å². The smallest absolute Gasteiger partial charge is 0.289 e. The molecule has 6 nitrogen and oxygen atoms in total. The number of benzene rings is 1. The fourth-order valence-electron chi connectivity index (χ4n) is 2.93. The Balaban J connectivity index is 1.55. The van der Waals surface area contributed by atoms with Gasteiger partial charge in [-0.2, -0.15) is 0 Å². The third-order valence-corrected chi connectivity index (χ3v) is 4.63. The molecule has 138 valence electrons. The fourth-order valence-corrected chi connectivity index (χ4v) is 3.16. The van der Waals surface area contributed by atoms with Crippen LogP contribution in [0.4, 0.5) is 0 Å². The lowest BCUT2D eigenvalue weighted by atomic mass is 10.2. The van der Waals surface area contributed by atoms with Crippen molar-refractivity contribution in [1.29, 1.82) is 0 Å². The van der Waals surface area contributed by atoms with Crippen LogP contribution in [-0.4, -0.2) is 53.9 Å². The number of furan rings is 1. The number of rotatable bonds is 4. The zero-order valence-corrected chi connectivity index (χ0v) is 15.5. The van der Waals surface area contributed by atoms with Crippen LogP contribution in [0.5, 0.6) is 5.75 Å². The van der Waals surface area contributed by atoms with Crippen molar-refractivity contribution in [3.63, 3.8) is 0 Å². The number of nitrogens with zero attached hydrogens (tertiary/aromatic N) is 2. The highest BCUT2D eigenvalue weighted by Gasteiger charge is 2.29. The van der Waals surface area contributed by atoms with Gasteiger partial charge in [0, 0.05) is 31.2 Å². The Bertz CT molecular complexity index is 783. The van der Waals surface area contributed by atoms with Crippen molar-refractivity contribution in [3.8, 4) is 5.75 Å². The number of carbonyl (C=O) groups excluding carboxylic acids is 2. The SMILES string of the molecule is Cc1cc(Cl)ccc1O[C@@H](C)C(=O)N1CCN(C(=O)c2ccco2)CC1. The van der Waals surface area contributed by atoms with Crippen molar-refractivity contribution >= 4 is 23.4 Å². The topological polar surface area (TPSA) is 63.0 Å². The van der Waals surface area contributed by atoms with E-state index in [1.54, 1.807) is 47.1 Å². The second-order valence-corrected chi connectivity index (χ2v) is 6.70. The summed E-state index contributed by atoms with van der Waals surface area (Å²) in [5, 5.41) is 0.631. The molecular formula is C19H21ClN2O4. The minimum atomic E-state index is -0.609. The van der Waals surface area contributed by atoms with E-state index in [0.717, 1.165) is 5.56 Å². The molecule has 2 heterocycles. The summed E-state index contributed by atoms with van der Waals surface area (Å²) in [5.41, 5.74) is 0.881. The molecule has 2 amide bonds. The second kappa shape index (κ2) is 7.83. The first-order chi connectivity index (χ1) is 12.5. The van der Waals surface area contributed by atoms with E-state index in [0.29, 0.717) is 42.7 Å². The Morgan fingerprint density at radius 2 is 1.85 bits per heavy atom. The lowest BCUT2D eigenvalue weighted by Crippen LogP contribution is -2.53. The van der Waals surface area contributed by atoms with Gasteiger partial charge in [0.1, 0.15) is 5.75 Å². The van der Waals surface area contributed by atoms with Crippen molar-refractivity contribution in [2.45, 2.75) is 20.0 Å². The lowest BCUT2D eigenvalue weighted by molar-refractivity contribution is -0.139. The zero-order chi connectivity index (χ0) is 18.7. The molecule has 1 aliphatic rings.